The van der Waals surface area contributed by atoms with Crippen LogP contribution in [0.2, 0.25) is 0 Å². The highest BCUT2D eigenvalue weighted by atomic mass is 16.2. The Morgan fingerprint density at radius 2 is 1.90 bits per heavy atom. The molecule has 6 heteroatoms. The number of nitrogens with one attached hydrogen (secondary N) is 1. The van der Waals surface area contributed by atoms with Crippen molar-refractivity contribution < 1.29 is 4.79 Å². The van der Waals surface area contributed by atoms with Crippen molar-refractivity contribution in [2.45, 2.75) is 0 Å². The van der Waals surface area contributed by atoms with Gasteiger partial charge in [-0.25, -0.2) is 10.4 Å². The summed E-state index contributed by atoms with van der Waals surface area (Å²) in [6.07, 6.45) is 4.93. The molecule has 138 valence electrons. The Labute approximate surface area is 167 Å². The molecule has 0 unspecified atom stereocenters. The summed E-state index contributed by atoms with van der Waals surface area (Å²) in [5.41, 5.74) is 6.60. The molecule has 2 aromatic carbocycles. The number of nitriles is 1. The lowest BCUT2D eigenvalue weighted by molar-refractivity contribution is 0.0956. The molecule has 0 bridgehead atoms. The molecule has 2 aromatic heterocycles. The van der Waals surface area contributed by atoms with Gasteiger partial charge in [0.15, 0.2) is 0 Å². The molecular weight excluding hydrogens is 362 g/mol. The SMILES string of the molecule is N#Cc1ccc(C=NNC(=O)c2cc(-c3cccnc3)nc3ccccc23)cc1. The lowest BCUT2D eigenvalue weighted by Crippen LogP contribution is -2.18. The van der Waals surface area contributed by atoms with Gasteiger partial charge in [-0.3, -0.25) is 9.78 Å². The normalized spacial score (nSPS) is 10.7. The summed E-state index contributed by atoms with van der Waals surface area (Å²) in [5.74, 6) is -0.335. The molecular formula is C23H15N5O. The van der Waals surface area contributed by atoms with E-state index in [1.54, 1.807) is 42.7 Å². The highest BCUT2D eigenvalue weighted by molar-refractivity contribution is 6.07. The Morgan fingerprint density at radius 3 is 2.66 bits per heavy atom. The van der Waals surface area contributed by atoms with Gasteiger partial charge in [0.25, 0.3) is 5.91 Å². The number of benzene rings is 2. The first-order valence-corrected chi connectivity index (χ1v) is 8.88. The predicted molar refractivity (Wildman–Crippen MR) is 111 cm³/mol. The van der Waals surface area contributed by atoms with Gasteiger partial charge in [0.05, 0.1) is 34.6 Å². The van der Waals surface area contributed by atoms with Gasteiger partial charge in [-0.05, 0) is 42.0 Å². The van der Waals surface area contributed by atoms with Crippen LogP contribution >= 0.6 is 0 Å². The number of carbonyl (C=O) groups excluding carboxylic acids is 1. The first-order valence-electron chi connectivity index (χ1n) is 8.88. The minimum Gasteiger partial charge on any atom is -0.267 e. The van der Waals surface area contributed by atoms with E-state index in [-0.39, 0.29) is 5.91 Å². The molecule has 1 N–H and O–H groups in total. The van der Waals surface area contributed by atoms with Gasteiger partial charge >= 0.3 is 0 Å². The molecule has 0 spiro atoms. The average molecular weight is 377 g/mol. The van der Waals surface area contributed by atoms with Crippen LogP contribution < -0.4 is 5.43 Å². The minimum absolute atomic E-state index is 0.335. The van der Waals surface area contributed by atoms with Crippen molar-refractivity contribution in [1.29, 1.82) is 5.26 Å². The van der Waals surface area contributed by atoms with Gasteiger partial charge < -0.3 is 0 Å². The zero-order valence-electron chi connectivity index (χ0n) is 15.3. The molecule has 29 heavy (non-hydrogen) atoms. The van der Waals surface area contributed by atoms with Crippen LogP contribution in [-0.2, 0) is 0 Å². The standard InChI is InChI=1S/C23H15N5O/c24-13-16-7-9-17(10-8-16)14-26-28-23(29)20-12-22(18-4-3-11-25-15-18)27-21-6-2-1-5-19(20)21/h1-12,14-15H,(H,28,29). The van der Waals surface area contributed by atoms with Gasteiger partial charge in [-0.1, -0.05) is 30.3 Å². The quantitative estimate of drug-likeness (QED) is 0.431. The molecule has 0 radical (unpaired) electrons. The molecule has 0 aliphatic carbocycles. The summed E-state index contributed by atoms with van der Waals surface area (Å²) in [7, 11) is 0. The number of rotatable bonds is 4. The number of pyridine rings is 2. The zero-order valence-corrected chi connectivity index (χ0v) is 15.3. The van der Waals surface area contributed by atoms with Crippen molar-refractivity contribution >= 4 is 23.0 Å². The van der Waals surface area contributed by atoms with Crippen LogP contribution in [0.3, 0.4) is 0 Å². The number of hydrazone groups is 1. The third-order valence-electron chi connectivity index (χ3n) is 4.34. The van der Waals surface area contributed by atoms with Crippen LogP contribution in [0, 0.1) is 11.3 Å². The Bertz CT molecular complexity index is 1240. The minimum atomic E-state index is -0.335. The molecule has 0 saturated heterocycles. The van der Waals surface area contributed by atoms with Crippen molar-refractivity contribution in [1.82, 2.24) is 15.4 Å². The summed E-state index contributed by atoms with van der Waals surface area (Å²) in [4.78, 5) is 21.6. The van der Waals surface area contributed by atoms with E-state index in [1.807, 2.05) is 36.4 Å². The molecule has 4 aromatic rings. The second-order valence-corrected chi connectivity index (χ2v) is 6.25. The summed E-state index contributed by atoms with van der Waals surface area (Å²) < 4.78 is 0. The highest BCUT2D eigenvalue weighted by Crippen LogP contribution is 2.24. The van der Waals surface area contributed by atoms with E-state index in [4.69, 9.17) is 5.26 Å². The molecule has 2 heterocycles. The topological polar surface area (TPSA) is 91.0 Å². The van der Waals surface area contributed by atoms with Crippen molar-refractivity contribution in [2.75, 3.05) is 0 Å². The van der Waals surface area contributed by atoms with Crippen molar-refractivity contribution in [2.24, 2.45) is 5.10 Å². The van der Waals surface area contributed by atoms with Crippen LogP contribution in [0.15, 0.2) is 84.2 Å². The molecule has 0 atom stereocenters. The molecule has 1 amide bonds. The largest absolute Gasteiger partial charge is 0.272 e. The maximum absolute atomic E-state index is 12.8. The molecule has 0 aliphatic rings. The smallest absolute Gasteiger partial charge is 0.267 e. The Morgan fingerprint density at radius 1 is 1.07 bits per heavy atom. The summed E-state index contributed by atoms with van der Waals surface area (Å²) >= 11 is 0. The maximum Gasteiger partial charge on any atom is 0.272 e. The summed E-state index contributed by atoms with van der Waals surface area (Å²) in [5, 5.41) is 13.6. The summed E-state index contributed by atoms with van der Waals surface area (Å²) in [6, 6.07) is 21.9. The van der Waals surface area contributed by atoms with E-state index < -0.39 is 0 Å². The zero-order chi connectivity index (χ0) is 20.1. The van der Waals surface area contributed by atoms with E-state index in [2.05, 4.69) is 26.6 Å². The third-order valence-corrected chi connectivity index (χ3v) is 4.34. The number of nitrogens with zero attached hydrogens (tertiary/aromatic N) is 4. The predicted octanol–water partition coefficient (Wildman–Crippen LogP) is 3.93. The molecule has 0 aliphatic heterocycles. The monoisotopic (exact) mass is 377 g/mol. The number of aromatic nitrogens is 2. The first-order chi connectivity index (χ1) is 14.2. The van der Waals surface area contributed by atoms with E-state index in [9.17, 15) is 4.79 Å². The van der Waals surface area contributed by atoms with Crippen molar-refractivity contribution in [3.63, 3.8) is 0 Å². The number of hydrogen-bond acceptors (Lipinski definition) is 5. The van der Waals surface area contributed by atoms with Crippen molar-refractivity contribution in [3.8, 4) is 17.3 Å². The number of amides is 1. The lowest BCUT2D eigenvalue weighted by atomic mass is 10.0. The highest BCUT2D eigenvalue weighted by Gasteiger charge is 2.13. The number of carbonyl (C=O) groups is 1. The fourth-order valence-electron chi connectivity index (χ4n) is 2.89. The van der Waals surface area contributed by atoms with E-state index >= 15 is 0 Å². The van der Waals surface area contributed by atoms with Crippen LogP contribution in [0.1, 0.15) is 21.5 Å². The fourth-order valence-corrected chi connectivity index (χ4v) is 2.89. The maximum atomic E-state index is 12.8. The van der Waals surface area contributed by atoms with Gasteiger partial charge in [0, 0.05) is 23.3 Å². The van der Waals surface area contributed by atoms with Crippen LogP contribution in [-0.4, -0.2) is 22.1 Å². The van der Waals surface area contributed by atoms with E-state index in [0.29, 0.717) is 16.8 Å². The van der Waals surface area contributed by atoms with E-state index in [0.717, 1.165) is 22.0 Å². The summed E-state index contributed by atoms with van der Waals surface area (Å²) in [6.45, 7) is 0. The second-order valence-electron chi connectivity index (χ2n) is 6.25. The first kappa shape index (κ1) is 18.0. The van der Waals surface area contributed by atoms with Crippen LogP contribution in [0.25, 0.3) is 22.2 Å². The third kappa shape index (κ3) is 3.99. The van der Waals surface area contributed by atoms with Crippen LogP contribution in [0.4, 0.5) is 0 Å². The number of fused-ring (bicyclic) bond motifs is 1. The van der Waals surface area contributed by atoms with E-state index in [1.165, 1.54) is 6.21 Å². The molecule has 0 saturated carbocycles. The Balaban J connectivity index is 1.64. The Hall–Kier alpha value is -4.37. The number of hydrogen-bond donors (Lipinski definition) is 1. The Kier molecular flexibility index (Phi) is 5.04. The van der Waals surface area contributed by atoms with Crippen molar-refractivity contribution in [3.05, 3.63) is 95.8 Å². The molecule has 6 nitrogen and oxygen atoms in total. The fraction of sp³-hybridized carbons (Fsp3) is 0. The number of para-hydroxylation sites is 1. The van der Waals surface area contributed by atoms with Gasteiger partial charge in [-0.2, -0.15) is 10.4 Å². The van der Waals surface area contributed by atoms with Gasteiger partial charge in [-0.15, -0.1) is 0 Å². The molecule has 4 rings (SSSR count). The van der Waals surface area contributed by atoms with Gasteiger partial charge in [0.1, 0.15) is 0 Å². The molecule has 0 fully saturated rings. The second kappa shape index (κ2) is 8.11. The lowest BCUT2D eigenvalue weighted by Gasteiger charge is -2.08. The van der Waals surface area contributed by atoms with Crippen LogP contribution in [0.5, 0.6) is 0 Å². The average Bonchev–Trinajstić information content (AvgIpc) is 2.79. The van der Waals surface area contributed by atoms with Gasteiger partial charge in [0.2, 0.25) is 0 Å².